The van der Waals surface area contributed by atoms with Crippen molar-refractivity contribution in [1.82, 2.24) is 60.3 Å². The van der Waals surface area contributed by atoms with Crippen molar-refractivity contribution in [2.45, 2.75) is 41.0 Å². The van der Waals surface area contributed by atoms with Gasteiger partial charge in [0.05, 0.1) is 58.1 Å². The van der Waals surface area contributed by atoms with Crippen LogP contribution in [-0.4, -0.2) is 60.3 Å². The van der Waals surface area contributed by atoms with Crippen molar-refractivity contribution in [2.24, 2.45) is 5.92 Å². The standard InChI is InChI=1S/C31H31N7.C26H22N6/c1-6-8-25(22-9-11-32-12-10-22)26-14-29(36-21(26)5)31-27-15-28(34-18-30(27)37-38-31)23-13-24(17-33-16-23)35-20(4)19(3)7-2;1-4-5-19(18-7-10-27-11-8-18)20-12-24(30-17(20)3)26-21-13-23(29-15-25(21)31-32-26)22-14-28-9-6-16(22)2/h6,8-19,35-36H,1,4,7H2,2-3,5H3,(H,37,38);4-15,30H,1H2,2-3H3,(H,31,32)/b25-8-;19-5-. The second-order valence-electron chi connectivity index (χ2n) is 17.0. The van der Waals surface area contributed by atoms with Crippen LogP contribution in [0.5, 0.6) is 0 Å². The van der Waals surface area contributed by atoms with Crippen LogP contribution in [0.1, 0.15) is 59.5 Å². The summed E-state index contributed by atoms with van der Waals surface area (Å²) in [5.41, 5.74) is 20.5. The van der Waals surface area contributed by atoms with Gasteiger partial charge in [-0.3, -0.25) is 40.1 Å². The number of nitrogens with zero attached hydrogens (tertiary/aromatic N) is 8. The minimum atomic E-state index is 0.371. The number of aromatic amines is 4. The van der Waals surface area contributed by atoms with Gasteiger partial charge in [-0.25, -0.2) is 0 Å². The molecule has 10 aromatic heterocycles. The summed E-state index contributed by atoms with van der Waals surface area (Å²) in [4.78, 5) is 33.3. The lowest BCUT2D eigenvalue weighted by atomic mass is 9.98. The second-order valence-corrected chi connectivity index (χ2v) is 17.0. The number of aryl methyl sites for hydroxylation is 3. The molecule has 0 radical (unpaired) electrons. The number of aromatic nitrogens is 12. The van der Waals surface area contributed by atoms with E-state index in [0.29, 0.717) is 5.92 Å². The highest BCUT2D eigenvalue weighted by Crippen LogP contribution is 2.36. The van der Waals surface area contributed by atoms with Gasteiger partial charge in [-0.1, -0.05) is 57.9 Å². The van der Waals surface area contributed by atoms with Crippen LogP contribution in [0.2, 0.25) is 0 Å². The molecule has 0 spiro atoms. The molecule has 1 unspecified atom stereocenters. The molecule has 10 aromatic rings. The minimum absolute atomic E-state index is 0.371. The van der Waals surface area contributed by atoms with Crippen molar-refractivity contribution < 1.29 is 0 Å². The van der Waals surface area contributed by atoms with Gasteiger partial charge >= 0.3 is 0 Å². The molecule has 0 aliphatic rings. The summed E-state index contributed by atoms with van der Waals surface area (Å²) in [7, 11) is 0. The third-order valence-corrected chi connectivity index (χ3v) is 12.4. The molecule has 0 fully saturated rings. The molecule has 0 saturated carbocycles. The Labute approximate surface area is 406 Å². The summed E-state index contributed by atoms with van der Waals surface area (Å²) in [6, 6.07) is 20.4. The van der Waals surface area contributed by atoms with Crippen molar-refractivity contribution in [3.05, 3.63) is 212 Å². The molecule has 0 aliphatic carbocycles. The van der Waals surface area contributed by atoms with Crippen LogP contribution in [-0.2, 0) is 0 Å². The van der Waals surface area contributed by atoms with Gasteiger partial charge in [-0.05, 0) is 122 Å². The van der Waals surface area contributed by atoms with Crippen LogP contribution in [0.15, 0.2) is 172 Å². The molecule has 13 heteroatoms. The van der Waals surface area contributed by atoms with Crippen molar-refractivity contribution in [3.8, 4) is 45.3 Å². The molecule has 0 aliphatic heterocycles. The Morgan fingerprint density at radius 1 is 0.629 bits per heavy atom. The van der Waals surface area contributed by atoms with Gasteiger partial charge in [-0.15, -0.1) is 0 Å². The van der Waals surface area contributed by atoms with E-state index < -0.39 is 0 Å². The maximum absolute atomic E-state index is 4.67. The normalized spacial score (nSPS) is 12.1. The molecule has 1 atom stereocenters. The minimum Gasteiger partial charge on any atom is -0.358 e. The molecule has 10 heterocycles. The molecule has 0 aromatic carbocycles. The third-order valence-electron chi connectivity index (χ3n) is 12.4. The summed E-state index contributed by atoms with van der Waals surface area (Å²) >= 11 is 0. The number of pyridine rings is 6. The van der Waals surface area contributed by atoms with Crippen LogP contribution < -0.4 is 5.32 Å². The zero-order valence-corrected chi connectivity index (χ0v) is 39.8. The number of rotatable bonds is 14. The first kappa shape index (κ1) is 46.0. The Hall–Kier alpha value is -9.10. The van der Waals surface area contributed by atoms with E-state index in [9.17, 15) is 0 Å². The predicted molar refractivity (Wildman–Crippen MR) is 283 cm³/mol. The van der Waals surface area contributed by atoms with E-state index in [0.717, 1.165) is 135 Å². The lowest BCUT2D eigenvalue weighted by Crippen LogP contribution is -2.07. The lowest BCUT2D eigenvalue weighted by molar-refractivity contribution is 0.662. The zero-order valence-electron chi connectivity index (χ0n) is 39.8. The molecule has 0 bridgehead atoms. The van der Waals surface area contributed by atoms with Gasteiger partial charge in [0.25, 0.3) is 0 Å². The zero-order chi connectivity index (χ0) is 48.7. The fraction of sp³-hybridized carbons (Fsp3) is 0.123. The number of allylic oxidation sites excluding steroid dienone is 5. The first-order valence-electron chi connectivity index (χ1n) is 23.0. The Bertz CT molecular complexity index is 3570. The Morgan fingerprint density at radius 3 is 1.69 bits per heavy atom. The maximum Gasteiger partial charge on any atom is 0.116 e. The largest absolute Gasteiger partial charge is 0.358 e. The Balaban J connectivity index is 0.000000176. The number of nitrogens with one attached hydrogen (secondary N) is 5. The van der Waals surface area contributed by atoms with Crippen molar-refractivity contribution in [3.63, 3.8) is 0 Å². The Kier molecular flexibility index (Phi) is 13.4. The van der Waals surface area contributed by atoms with E-state index in [-0.39, 0.29) is 0 Å². The van der Waals surface area contributed by atoms with E-state index in [1.54, 1.807) is 49.3 Å². The molecule has 346 valence electrons. The Morgan fingerprint density at radius 2 is 1.16 bits per heavy atom. The molecule has 13 nitrogen and oxygen atoms in total. The molecular formula is C57H53N13. The van der Waals surface area contributed by atoms with Crippen LogP contribution in [0.4, 0.5) is 5.69 Å². The van der Waals surface area contributed by atoms with Gasteiger partial charge in [-0.2, -0.15) is 10.2 Å². The maximum atomic E-state index is 4.67. The molecule has 0 saturated heterocycles. The number of fused-ring (bicyclic) bond motifs is 2. The molecule has 10 rings (SSSR count). The van der Waals surface area contributed by atoms with Gasteiger partial charge in [0.1, 0.15) is 11.4 Å². The monoisotopic (exact) mass is 919 g/mol. The third kappa shape index (κ3) is 9.54. The smallest absolute Gasteiger partial charge is 0.116 e. The molecule has 70 heavy (non-hydrogen) atoms. The van der Waals surface area contributed by atoms with E-state index in [2.05, 4.69) is 144 Å². The first-order valence-corrected chi connectivity index (χ1v) is 23.0. The SMILES string of the molecule is C=C/C=C(/c1ccncc1)c1cc(-c2n[nH]c3cnc(-c4cncc(NC(=C)C(C)CC)c4)cc23)[nH]c1C.C=C/C=C(/c1ccncc1)c1cc(-c2n[nH]c3cnc(-c4cnccc4C)cc23)[nH]c1C. The van der Waals surface area contributed by atoms with Gasteiger partial charge in [0, 0.05) is 93.5 Å². The number of hydrogen-bond acceptors (Lipinski definition) is 9. The average molecular weight is 920 g/mol. The summed E-state index contributed by atoms with van der Waals surface area (Å²) in [5, 5.41) is 20.8. The van der Waals surface area contributed by atoms with Crippen LogP contribution in [0.3, 0.4) is 0 Å². The van der Waals surface area contributed by atoms with E-state index >= 15 is 0 Å². The quantitative estimate of drug-likeness (QED) is 0.0664. The van der Waals surface area contributed by atoms with Gasteiger partial charge in [0.2, 0.25) is 0 Å². The van der Waals surface area contributed by atoms with Gasteiger partial charge < -0.3 is 15.3 Å². The molecule has 5 N–H and O–H groups in total. The second kappa shape index (κ2) is 20.4. The number of hydrogen-bond donors (Lipinski definition) is 5. The highest BCUT2D eigenvalue weighted by Gasteiger charge is 2.19. The fourth-order valence-electron chi connectivity index (χ4n) is 8.40. The van der Waals surface area contributed by atoms with Crippen molar-refractivity contribution >= 4 is 38.6 Å². The topological polar surface area (TPSA) is 178 Å². The van der Waals surface area contributed by atoms with E-state index in [1.165, 1.54) is 0 Å². The number of anilines is 1. The van der Waals surface area contributed by atoms with E-state index in [1.807, 2.05) is 73.3 Å². The summed E-state index contributed by atoms with van der Waals surface area (Å²) in [5.74, 6) is 0.371. The van der Waals surface area contributed by atoms with Crippen molar-refractivity contribution in [2.75, 3.05) is 5.32 Å². The highest BCUT2D eigenvalue weighted by molar-refractivity contribution is 5.96. The predicted octanol–water partition coefficient (Wildman–Crippen LogP) is 13.0. The summed E-state index contributed by atoms with van der Waals surface area (Å²) < 4.78 is 0. The molecule has 0 amide bonds. The highest BCUT2D eigenvalue weighted by atomic mass is 15.1. The van der Waals surface area contributed by atoms with Crippen LogP contribution in [0, 0.1) is 26.7 Å². The van der Waals surface area contributed by atoms with Crippen LogP contribution in [0.25, 0.3) is 78.2 Å². The summed E-state index contributed by atoms with van der Waals surface area (Å²) in [6.45, 7) is 22.5. The lowest BCUT2D eigenvalue weighted by Gasteiger charge is -2.15. The first-order chi connectivity index (χ1) is 34.1. The molecular weight excluding hydrogens is 867 g/mol. The number of H-pyrrole nitrogens is 4. The average Bonchev–Trinajstić information content (AvgIpc) is 4.20. The van der Waals surface area contributed by atoms with Crippen LogP contribution >= 0.6 is 0 Å². The summed E-state index contributed by atoms with van der Waals surface area (Å²) in [6.07, 6.45) is 26.8. The van der Waals surface area contributed by atoms with E-state index in [4.69, 9.17) is 0 Å². The van der Waals surface area contributed by atoms with Crippen molar-refractivity contribution in [1.29, 1.82) is 0 Å². The van der Waals surface area contributed by atoms with Gasteiger partial charge in [0.15, 0.2) is 0 Å². The fourth-order valence-corrected chi connectivity index (χ4v) is 8.40.